The number of nitrogens with one attached hydrogen (secondary N) is 4. The highest BCUT2D eigenvalue weighted by molar-refractivity contribution is 5.94. The molecule has 0 atom stereocenters. The lowest BCUT2D eigenvalue weighted by atomic mass is 10.0. The van der Waals surface area contributed by atoms with Crippen LogP contribution in [-0.2, 0) is 4.79 Å². The van der Waals surface area contributed by atoms with E-state index < -0.39 is 0 Å². The van der Waals surface area contributed by atoms with Gasteiger partial charge in [0.05, 0.1) is 5.92 Å². The van der Waals surface area contributed by atoms with Gasteiger partial charge in [-0.1, -0.05) is 0 Å². The minimum atomic E-state index is -0.271. The van der Waals surface area contributed by atoms with Crippen molar-refractivity contribution in [3.63, 3.8) is 0 Å². The van der Waals surface area contributed by atoms with E-state index in [2.05, 4.69) is 21.3 Å². The lowest BCUT2D eigenvalue weighted by Gasteiger charge is -2.25. The summed E-state index contributed by atoms with van der Waals surface area (Å²) >= 11 is 0. The van der Waals surface area contributed by atoms with Crippen LogP contribution in [0.15, 0.2) is 24.3 Å². The predicted molar refractivity (Wildman–Crippen MR) is 69.5 cm³/mol. The molecule has 0 spiro atoms. The molecule has 6 nitrogen and oxygen atoms in total. The van der Waals surface area contributed by atoms with Crippen LogP contribution in [0.4, 0.5) is 16.2 Å². The Morgan fingerprint density at radius 1 is 1.11 bits per heavy atom. The smallest absolute Gasteiger partial charge is 0.318 e. The number of hydrogen-bond acceptors (Lipinski definition) is 3. The number of urea groups is 1. The lowest BCUT2D eigenvalue weighted by Crippen LogP contribution is -2.48. The first-order valence-corrected chi connectivity index (χ1v) is 5.79. The van der Waals surface area contributed by atoms with Crippen molar-refractivity contribution in [2.45, 2.75) is 0 Å². The average molecular weight is 248 g/mol. The van der Waals surface area contributed by atoms with Crippen molar-refractivity contribution in [2.24, 2.45) is 5.92 Å². The van der Waals surface area contributed by atoms with Crippen molar-refractivity contribution >= 4 is 23.3 Å². The van der Waals surface area contributed by atoms with Crippen molar-refractivity contribution in [3.05, 3.63) is 24.3 Å². The van der Waals surface area contributed by atoms with E-state index in [1.807, 2.05) is 0 Å². The van der Waals surface area contributed by atoms with E-state index in [0.29, 0.717) is 5.69 Å². The van der Waals surface area contributed by atoms with Crippen LogP contribution in [-0.4, -0.2) is 32.1 Å². The number of benzene rings is 1. The van der Waals surface area contributed by atoms with Gasteiger partial charge in [-0.2, -0.15) is 0 Å². The first kappa shape index (κ1) is 12.4. The van der Waals surface area contributed by atoms with Gasteiger partial charge in [0, 0.05) is 31.5 Å². The molecular formula is C12H16N4O2. The molecule has 1 aliphatic rings. The van der Waals surface area contributed by atoms with Crippen molar-refractivity contribution in [1.29, 1.82) is 0 Å². The van der Waals surface area contributed by atoms with E-state index in [1.54, 1.807) is 31.3 Å². The molecule has 0 aromatic heterocycles. The Hall–Kier alpha value is -2.08. The van der Waals surface area contributed by atoms with Crippen LogP contribution in [0.1, 0.15) is 0 Å². The molecule has 96 valence electrons. The molecule has 1 aromatic rings. The molecule has 0 bridgehead atoms. The normalized spacial score (nSPS) is 14.5. The van der Waals surface area contributed by atoms with Gasteiger partial charge in [-0.3, -0.25) is 4.79 Å². The average Bonchev–Trinajstić information content (AvgIpc) is 2.29. The van der Waals surface area contributed by atoms with Gasteiger partial charge in [0.25, 0.3) is 0 Å². The van der Waals surface area contributed by atoms with Crippen LogP contribution in [0.25, 0.3) is 0 Å². The molecule has 0 aliphatic carbocycles. The highest BCUT2D eigenvalue weighted by Crippen LogP contribution is 2.15. The molecule has 1 saturated heterocycles. The van der Waals surface area contributed by atoms with Crippen LogP contribution in [0, 0.1) is 5.92 Å². The van der Waals surface area contributed by atoms with E-state index >= 15 is 0 Å². The van der Waals surface area contributed by atoms with Crippen molar-refractivity contribution in [2.75, 3.05) is 30.8 Å². The fourth-order valence-corrected chi connectivity index (χ4v) is 1.55. The third-order valence-corrected chi connectivity index (χ3v) is 2.79. The molecule has 1 aliphatic heterocycles. The Bertz CT molecular complexity index is 440. The van der Waals surface area contributed by atoms with E-state index in [4.69, 9.17) is 0 Å². The molecule has 0 unspecified atom stereocenters. The van der Waals surface area contributed by atoms with Crippen molar-refractivity contribution in [1.82, 2.24) is 10.6 Å². The van der Waals surface area contributed by atoms with Gasteiger partial charge < -0.3 is 21.3 Å². The molecular weight excluding hydrogens is 232 g/mol. The largest absolute Gasteiger partial charge is 0.341 e. The summed E-state index contributed by atoms with van der Waals surface area (Å²) in [5.41, 5.74) is 1.41. The van der Waals surface area contributed by atoms with Crippen molar-refractivity contribution in [3.8, 4) is 0 Å². The van der Waals surface area contributed by atoms with E-state index in [9.17, 15) is 9.59 Å². The maximum atomic E-state index is 11.7. The second kappa shape index (κ2) is 5.50. The maximum absolute atomic E-state index is 11.7. The predicted octanol–water partition coefficient (Wildman–Crippen LogP) is 0.596. The highest BCUT2D eigenvalue weighted by atomic mass is 16.2. The number of carbonyl (C=O) groups is 2. The fourth-order valence-electron chi connectivity index (χ4n) is 1.55. The number of carbonyl (C=O) groups excluding carboxylic acids is 2. The summed E-state index contributed by atoms with van der Waals surface area (Å²) in [6.07, 6.45) is 0. The fraction of sp³-hybridized carbons (Fsp3) is 0.333. The van der Waals surface area contributed by atoms with E-state index in [0.717, 1.165) is 18.8 Å². The zero-order chi connectivity index (χ0) is 13.0. The summed E-state index contributed by atoms with van der Waals surface area (Å²) in [6, 6.07) is 6.73. The summed E-state index contributed by atoms with van der Waals surface area (Å²) in [6.45, 7) is 1.48. The first-order chi connectivity index (χ1) is 8.69. The lowest BCUT2D eigenvalue weighted by molar-refractivity contribution is -0.121. The van der Waals surface area contributed by atoms with Gasteiger partial charge in [-0.05, 0) is 24.3 Å². The second-order valence-corrected chi connectivity index (χ2v) is 4.13. The minimum Gasteiger partial charge on any atom is -0.341 e. The van der Waals surface area contributed by atoms with Crippen LogP contribution in [0.2, 0.25) is 0 Å². The van der Waals surface area contributed by atoms with Gasteiger partial charge in [-0.25, -0.2) is 4.79 Å². The maximum Gasteiger partial charge on any atom is 0.318 e. The van der Waals surface area contributed by atoms with Crippen LogP contribution in [0.5, 0.6) is 0 Å². The Kier molecular flexibility index (Phi) is 3.78. The summed E-state index contributed by atoms with van der Waals surface area (Å²) in [5, 5.41) is 11.0. The zero-order valence-electron chi connectivity index (χ0n) is 10.1. The third-order valence-electron chi connectivity index (χ3n) is 2.79. The summed E-state index contributed by atoms with van der Waals surface area (Å²) < 4.78 is 0. The molecule has 4 N–H and O–H groups in total. The third kappa shape index (κ3) is 2.98. The summed E-state index contributed by atoms with van der Waals surface area (Å²) in [5.74, 6) is 0.0921. The standard InChI is InChI=1S/C12H16N4O2/c1-13-12(18)16-10-4-2-9(3-5-10)15-11(17)8-6-14-7-8/h2-5,8,14H,6-7H2,1H3,(H,15,17)(H2,13,16,18). The second-order valence-electron chi connectivity index (χ2n) is 4.13. The first-order valence-electron chi connectivity index (χ1n) is 5.79. The van der Waals surface area contributed by atoms with Gasteiger partial charge >= 0.3 is 6.03 Å². The molecule has 18 heavy (non-hydrogen) atoms. The number of hydrogen-bond donors (Lipinski definition) is 4. The molecule has 1 fully saturated rings. The Balaban J connectivity index is 1.90. The van der Waals surface area contributed by atoms with Gasteiger partial charge in [0.2, 0.25) is 5.91 Å². The van der Waals surface area contributed by atoms with Gasteiger partial charge in [-0.15, -0.1) is 0 Å². The van der Waals surface area contributed by atoms with E-state index in [-0.39, 0.29) is 17.9 Å². The number of amides is 3. The summed E-state index contributed by atoms with van der Waals surface area (Å²) in [4.78, 5) is 22.8. The van der Waals surface area contributed by atoms with Crippen LogP contribution < -0.4 is 21.3 Å². The molecule has 1 aromatic carbocycles. The van der Waals surface area contributed by atoms with Gasteiger partial charge in [0.15, 0.2) is 0 Å². The molecule has 2 rings (SSSR count). The highest BCUT2D eigenvalue weighted by Gasteiger charge is 2.24. The Labute approximate surface area is 105 Å². The Morgan fingerprint density at radius 3 is 2.11 bits per heavy atom. The molecule has 0 saturated carbocycles. The summed E-state index contributed by atoms with van der Waals surface area (Å²) in [7, 11) is 1.55. The zero-order valence-corrected chi connectivity index (χ0v) is 10.1. The minimum absolute atomic E-state index is 0.0285. The topological polar surface area (TPSA) is 82.3 Å². The molecule has 1 heterocycles. The Morgan fingerprint density at radius 2 is 1.67 bits per heavy atom. The monoisotopic (exact) mass is 248 g/mol. The van der Waals surface area contributed by atoms with Crippen molar-refractivity contribution < 1.29 is 9.59 Å². The van der Waals surface area contributed by atoms with Gasteiger partial charge in [0.1, 0.15) is 0 Å². The molecule has 0 radical (unpaired) electrons. The molecule has 3 amide bonds. The quantitative estimate of drug-likeness (QED) is 0.632. The number of anilines is 2. The van der Waals surface area contributed by atoms with Crippen LogP contribution in [0.3, 0.4) is 0 Å². The van der Waals surface area contributed by atoms with E-state index in [1.165, 1.54) is 0 Å². The SMILES string of the molecule is CNC(=O)Nc1ccc(NC(=O)C2CNC2)cc1. The molecule has 6 heteroatoms. The number of rotatable bonds is 3. The van der Waals surface area contributed by atoms with Crippen LogP contribution >= 0.6 is 0 Å².